The first-order valence-electron chi connectivity index (χ1n) is 14.1. The van der Waals surface area contributed by atoms with Crippen molar-refractivity contribution in [3.05, 3.63) is 107 Å². The van der Waals surface area contributed by atoms with Gasteiger partial charge in [0.05, 0.1) is 11.7 Å². The first-order valence-corrected chi connectivity index (χ1v) is 14.1. The SMILES string of the molecule is CC(C)(C)C(=O)N(CC(=O)Nc1ccc2c(c1)CC1(C2)C(=O)Nc2ncccc21)Cc1ccccc1Cn1ccnc1. The molecule has 214 valence electrons. The molecule has 9 heteroatoms. The Morgan fingerprint density at radius 3 is 2.57 bits per heavy atom. The Hall–Kier alpha value is -4.79. The Kier molecular flexibility index (Phi) is 6.88. The molecule has 2 aromatic heterocycles. The topological polar surface area (TPSA) is 109 Å². The van der Waals surface area contributed by atoms with E-state index in [0.717, 1.165) is 27.8 Å². The maximum Gasteiger partial charge on any atom is 0.244 e. The van der Waals surface area contributed by atoms with E-state index >= 15 is 0 Å². The number of fused-ring (bicyclic) bond motifs is 3. The molecule has 1 spiro atoms. The van der Waals surface area contributed by atoms with Crippen LogP contribution in [0.15, 0.2) is 79.5 Å². The smallest absolute Gasteiger partial charge is 0.244 e. The molecule has 1 atom stereocenters. The molecule has 0 radical (unpaired) electrons. The standard InChI is InChI=1S/C33H34N6O3/c1-32(2,3)31(42)39(19-24-8-5-4-7-23(24)18-38-14-13-34-21-38)20-28(40)36-26-11-10-22-16-33(17-25(22)15-26)27-9-6-12-35-29(27)37-30(33)41/h4-15,21H,16-20H2,1-3H3,(H,36,40)(H,35,37,41). The van der Waals surface area contributed by atoms with Gasteiger partial charge in [-0.25, -0.2) is 9.97 Å². The second-order valence-corrected chi connectivity index (χ2v) is 12.2. The van der Waals surface area contributed by atoms with Crippen LogP contribution in [0.1, 0.15) is 48.6 Å². The Morgan fingerprint density at radius 1 is 1.02 bits per heavy atom. The average Bonchev–Trinajstić information content (AvgIpc) is 3.67. The van der Waals surface area contributed by atoms with E-state index in [1.54, 1.807) is 23.6 Å². The Morgan fingerprint density at radius 2 is 1.81 bits per heavy atom. The second-order valence-electron chi connectivity index (χ2n) is 12.2. The predicted octanol–water partition coefficient (Wildman–Crippen LogP) is 4.33. The lowest BCUT2D eigenvalue weighted by atomic mass is 9.79. The minimum atomic E-state index is -0.672. The highest BCUT2D eigenvalue weighted by Gasteiger charge is 2.51. The van der Waals surface area contributed by atoms with Crippen LogP contribution in [0.4, 0.5) is 11.5 Å². The van der Waals surface area contributed by atoms with Crippen LogP contribution in [0.5, 0.6) is 0 Å². The molecule has 0 saturated heterocycles. The van der Waals surface area contributed by atoms with Crippen LogP contribution in [-0.2, 0) is 45.7 Å². The van der Waals surface area contributed by atoms with Crippen molar-refractivity contribution >= 4 is 29.2 Å². The predicted molar refractivity (Wildman–Crippen MR) is 160 cm³/mol. The molecule has 9 nitrogen and oxygen atoms in total. The molecular formula is C33H34N6O3. The molecule has 1 unspecified atom stereocenters. The first-order chi connectivity index (χ1) is 20.1. The molecule has 4 aromatic rings. The summed E-state index contributed by atoms with van der Waals surface area (Å²) < 4.78 is 1.98. The van der Waals surface area contributed by atoms with Crippen molar-refractivity contribution in [3.8, 4) is 0 Å². The number of carbonyl (C=O) groups is 3. The number of hydrogen-bond acceptors (Lipinski definition) is 5. The number of carbonyl (C=O) groups excluding carboxylic acids is 3. The lowest BCUT2D eigenvalue weighted by Crippen LogP contribution is -2.43. The van der Waals surface area contributed by atoms with Crippen molar-refractivity contribution in [2.75, 3.05) is 17.2 Å². The normalized spacial score (nSPS) is 17.1. The molecular weight excluding hydrogens is 528 g/mol. The van der Waals surface area contributed by atoms with Crippen molar-refractivity contribution in [1.29, 1.82) is 0 Å². The highest BCUT2D eigenvalue weighted by molar-refractivity contribution is 6.06. The molecule has 3 heterocycles. The van der Waals surface area contributed by atoms with Crippen LogP contribution in [0, 0.1) is 5.41 Å². The van der Waals surface area contributed by atoms with Crippen LogP contribution in [0.25, 0.3) is 0 Å². The van der Waals surface area contributed by atoms with E-state index < -0.39 is 10.8 Å². The van der Waals surface area contributed by atoms with Crippen molar-refractivity contribution in [2.45, 2.75) is 52.1 Å². The number of nitrogens with one attached hydrogen (secondary N) is 2. The van der Waals surface area contributed by atoms with Gasteiger partial charge in [0.25, 0.3) is 0 Å². The third kappa shape index (κ3) is 5.18. The molecule has 0 fully saturated rings. The number of anilines is 2. The molecule has 2 N–H and O–H groups in total. The zero-order valence-electron chi connectivity index (χ0n) is 24.1. The number of amides is 3. The van der Waals surface area contributed by atoms with Gasteiger partial charge in [-0.05, 0) is 53.3 Å². The lowest BCUT2D eigenvalue weighted by molar-refractivity contribution is -0.142. The highest BCUT2D eigenvalue weighted by Crippen LogP contribution is 2.46. The van der Waals surface area contributed by atoms with Gasteiger partial charge in [0.15, 0.2) is 0 Å². The van der Waals surface area contributed by atoms with Gasteiger partial charge in [0.2, 0.25) is 17.7 Å². The van der Waals surface area contributed by atoms with Crippen LogP contribution in [0.2, 0.25) is 0 Å². The summed E-state index contributed by atoms with van der Waals surface area (Å²) in [5, 5.41) is 5.93. The van der Waals surface area contributed by atoms with E-state index in [0.29, 0.717) is 37.4 Å². The minimum Gasteiger partial charge on any atom is -0.333 e. The van der Waals surface area contributed by atoms with Gasteiger partial charge in [0.1, 0.15) is 12.4 Å². The van der Waals surface area contributed by atoms with E-state index in [4.69, 9.17) is 0 Å². The number of hydrogen-bond donors (Lipinski definition) is 2. The fraction of sp³-hybridized carbons (Fsp3) is 0.303. The van der Waals surface area contributed by atoms with Crippen LogP contribution in [0.3, 0.4) is 0 Å². The summed E-state index contributed by atoms with van der Waals surface area (Å²) in [5.41, 5.74) is 4.37. The number of aromatic nitrogens is 3. The van der Waals surface area contributed by atoms with Crippen LogP contribution >= 0.6 is 0 Å². The van der Waals surface area contributed by atoms with Crippen molar-refractivity contribution in [1.82, 2.24) is 19.4 Å². The number of benzene rings is 2. The number of imidazole rings is 1. The zero-order valence-corrected chi connectivity index (χ0v) is 24.1. The van der Waals surface area contributed by atoms with E-state index in [1.807, 2.05) is 86.1 Å². The van der Waals surface area contributed by atoms with Crippen molar-refractivity contribution in [2.24, 2.45) is 5.41 Å². The van der Waals surface area contributed by atoms with Gasteiger partial charge in [-0.3, -0.25) is 14.4 Å². The summed E-state index contributed by atoms with van der Waals surface area (Å²) in [7, 11) is 0. The quantitative estimate of drug-likeness (QED) is 0.349. The zero-order chi connectivity index (χ0) is 29.5. The first kappa shape index (κ1) is 27.4. The van der Waals surface area contributed by atoms with E-state index in [2.05, 4.69) is 20.6 Å². The van der Waals surface area contributed by atoms with E-state index in [9.17, 15) is 14.4 Å². The van der Waals surface area contributed by atoms with Crippen molar-refractivity contribution in [3.63, 3.8) is 0 Å². The molecule has 2 aliphatic rings. The summed E-state index contributed by atoms with van der Waals surface area (Å²) in [6.45, 7) is 6.43. The van der Waals surface area contributed by atoms with Crippen LogP contribution in [-0.4, -0.2) is 43.7 Å². The molecule has 42 heavy (non-hydrogen) atoms. The Balaban J connectivity index is 1.19. The summed E-state index contributed by atoms with van der Waals surface area (Å²) in [5.74, 6) is 0.202. The van der Waals surface area contributed by atoms with Gasteiger partial charge in [-0.1, -0.05) is 57.2 Å². The fourth-order valence-electron chi connectivity index (χ4n) is 6.04. The van der Waals surface area contributed by atoms with Crippen LogP contribution < -0.4 is 10.6 Å². The molecule has 1 aliphatic carbocycles. The van der Waals surface area contributed by atoms with E-state index in [1.165, 1.54) is 0 Å². The van der Waals surface area contributed by atoms with Gasteiger partial charge >= 0.3 is 0 Å². The molecule has 1 aliphatic heterocycles. The Labute approximate surface area is 245 Å². The largest absolute Gasteiger partial charge is 0.333 e. The minimum absolute atomic E-state index is 0.0392. The number of nitrogens with zero attached hydrogens (tertiary/aromatic N) is 4. The summed E-state index contributed by atoms with van der Waals surface area (Å²) in [6, 6.07) is 17.6. The average molecular weight is 563 g/mol. The van der Waals surface area contributed by atoms with Gasteiger partial charge in [-0.2, -0.15) is 0 Å². The molecule has 0 bridgehead atoms. The molecule has 3 amide bonds. The second kappa shape index (κ2) is 10.6. The van der Waals surface area contributed by atoms with Gasteiger partial charge in [-0.15, -0.1) is 0 Å². The number of pyridine rings is 1. The summed E-state index contributed by atoms with van der Waals surface area (Å²) >= 11 is 0. The summed E-state index contributed by atoms with van der Waals surface area (Å²) in [6.07, 6.45) is 8.21. The maximum absolute atomic E-state index is 13.5. The van der Waals surface area contributed by atoms with E-state index in [-0.39, 0.29) is 24.3 Å². The highest BCUT2D eigenvalue weighted by atomic mass is 16.2. The number of rotatable bonds is 7. The maximum atomic E-state index is 13.5. The molecule has 2 aromatic carbocycles. The third-order valence-corrected chi connectivity index (χ3v) is 8.12. The monoisotopic (exact) mass is 562 g/mol. The Bertz CT molecular complexity index is 1670. The van der Waals surface area contributed by atoms with Gasteiger partial charge < -0.3 is 20.1 Å². The third-order valence-electron chi connectivity index (χ3n) is 8.12. The fourth-order valence-corrected chi connectivity index (χ4v) is 6.04. The molecule has 6 rings (SSSR count). The lowest BCUT2D eigenvalue weighted by Gasteiger charge is -2.30. The van der Waals surface area contributed by atoms with Gasteiger partial charge in [0, 0.05) is 48.3 Å². The van der Waals surface area contributed by atoms with Crippen molar-refractivity contribution < 1.29 is 14.4 Å². The molecule has 0 saturated carbocycles. The summed E-state index contributed by atoms with van der Waals surface area (Å²) in [4.78, 5) is 50.0.